The van der Waals surface area contributed by atoms with Crippen LogP contribution < -0.4 is 0 Å². The Kier molecular flexibility index (Phi) is 2.12. The van der Waals surface area contributed by atoms with E-state index in [1.165, 1.54) is 23.0 Å². The lowest BCUT2D eigenvalue weighted by Crippen LogP contribution is -1.98. The molecule has 0 radical (unpaired) electrons. The molecular weight excluding hydrogens is 208 g/mol. The number of hydrogen-bond donors (Lipinski definition) is 1. The van der Waals surface area contributed by atoms with Gasteiger partial charge in [0.15, 0.2) is 16.4 Å². The van der Waals surface area contributed by atoms with E-state index in [0.717, 1.165) is 6.07 Å². The second-order valence-corrected chi connectivity index (χ2v) is 2.99. The Morgan fingerprint density at radius 1 is 1.36 bits per heavy atom. The van der Waals surface area contributed by atoms with Crippen molar-refractivity contribution in [2.24, 2.45) is 0 Å². The highest BCUT2D eigenvalue weighted by Crippen LogP contribution is 2.15. The van der Waals surface area contributed by atoms with Crippen LogP contribution in [0.1, 0.15) is 0 Å². The molecule has 0 atom stereocenters. The van der Waals surface area contributed by atoms with E-state index >= 15 is 0 Å². The number of halogens is 2. The van der Waals surface area contributed by atoms with Crippen molar-refractivity contribution in [2.75, 3.05) is 0 Å². The van der Waals surface area contributed by atoms with Crippen molar-refractivity contribution >= 4 is 12.2 Å². The largest absolute Gasteiger partial charge is 0.272 e. The van der Waals surface area contributed by atoms with E-state index in [1.807, 2.05) is 0 Å². The van der Waals surface area contributed by atoms with Crippen LogP contribution in [0.2, 0.25) is 0 Å². The predicted octanol–water partition coefficient (Wildman–Crippen LogP) is 2.21. The SMILES string of the molecule is Fc1cccc(-n2cn[nH]c2=S)c1F. The van der Waals surface area contributed by atoms with Gasteiger partial charge >= 0.3 is 0 Å². The van der Waals surface area contributed by atoms with E-state index in [0.29, 0.717) is 0 Å². The first-order valence-corrected chi connectivity index (χ1v) is 4.17. The molecule has 0 unspecified atom stereocenters. The van der Waals surface area contributed by atoms with Gasteiger partial charge in [-0.2, -0.15) is 5.10 Å². The van der Waals surface area contributed by atoms with Crippen molar-refractivity contribution in [2.45, 2.75) is 0 Å². The lowest BCUT2D eigenvalue weighted by atomic mass is 10.3. The van der Waals surface area contributed by atoms with E-state index in [9.17, 15) is 8.78 Å². The Bertz CT molecular complexity index is 517. The van der Waals surface area contributed by atoms with Gasteiger partial charge in [-0.05, 0) is 24.4 Å². The maximum Gasteiger partial charge on any atom is 0.199 e. The molecule has 1 aromatic heterocycles. The number of nitrogens with one attached hydrogen (secondary N) is 1. The summed E-state index contributed by atoms with van der Waals surface area (Å²) in [6.07, 6.45) is 1.29. The summed E-state index contributed by atoms with van der Waals surface area (Å²) < 4.78 is 27.6. The highest BCUT2D eigenvalue weighted by molar-refractivity contribution is 7.71. The van der Waals surface area contributed by atoms with E-state index in [1.54, 1.807) is 0 Å². The first-order valence-electron chi connectivity index (χ1n) is 3.76. The van der Waals surface area contributed by atoms with Gasteiger partial charge in [-0.25, -0.2) is 8.78 Å². The zero-order chi connectivity index (χ0) is 10.1. The minimum absolute atomic E-state index is 0.0451. The van der Waals surface area contributed by atoms with Crippen molar-refractivity contribution < 1.29 is 8.78 Å². The number of benzene rings is 1. The third kappa shape index (κ3) is 1.33. The minimum Gasteiger partial charge on any atom is -0.272 e. The molecule has 0 saturated carbocycles. The third-order valence-electron chi connectivity index (χ3n) is 1.74. The summed E-state index contributed by atoms with van der Waals surface area (Å²) >= 11 is 4.83. The molecule has 14 heavy (non-hydrogen) atoms. The predicted molar refractivity (Wildman–Crippen MR) is 48.7 cm³/mol. The van der Waals surface area contributed by atoms with E-state index in [-0.39, 0.29) is 10.5 Å². The summed E-state index contributed by atoms with van der Waals surface area (Å²) in [5.41, 5.74) is 0.0451. The third-order valence-corrected chi connectivity index (χ3v) is 2.03. The van der Waals surface area contributed by atoms with Crippen LogP contribution in [0.3, 0.4) is 0 Å². The van der Waals surface area contributed by atoms with Crippen LogP contribution in [0, 0.1) is 16.4 Å². The summed E-state index contributed by atoms with van der Waals surface area (Å²) in [5, 5.41) is 6.07. The van der Waals surface area contributed by atoms with Crippen LogP contribution in [0.5, 0.6) is 0 Å². The van der Waals surface area contributed by atoms with E-state index in [4.69, 9.17) is 12.2 Å². The number of nitrogens with zero attached hydrogens (tertiary/aromatic N) is 2. The van der Waals surface area contributed by atoms with Gasteiger partial charge in [-0.15, -0.1) is 0 Å². The van der Waals surface area contributed by atoms with Crippen LogP contribution in [-0.2, 0) is 0 Å². The Morgan fingerprint density at radius 2 is 2.14 bits per heavy atom. The number of hydrogen-bond acceptors (Lipinski definition) is 2. The zero-order valence-electron chi connectivity index (χ0n) is 6.87. The molecule has 1 N–H and O–H groups in total. The highest BCUT2D eigenvalue weighted by atomic mass is 32.1. The fourth-order valence-corrected chi connectivity index (χ4v) is 1.30. The summed E-state index contributed by atoms with van der Waals surface area (Å²) in [6.45, 7) is 0. The van der Waals surface area contributed by atoms with Gasteiger partial charge in [-0.3, -0.25) is 9.67 Å². The molecule has 0 aliphatic carbocycles. The quantitative estimate of drug-likeness (QED) is 0.737. The van der Waals surface area contributed by atoms with Gasteiger partial charge in [0.1, 0.15) is 6.33 Å². The number of rotatable bonds is 1. The van der Waals surface area contributed by atoms with Gasteiger partial charge in [0.25, 0.3) is 0 Å². The van der Waals surface area contributed by atoms with Crippen molar-refractivity contribution in [1.29, 1.82) is 0 Å². The van der Waals surface area contributed by atoms with Crippen molar-refractivity contribution in [3.63, 3.8) is 0 Å². The van der Waals surface area contributed by atoms with Crippen LogP contribution >= 0.6 is 12.2 Å². The normalized spacial score (nSPS) is 10.4. The van der Waals surface area contributed by atoms with Gasteiger partial charge in [0.2, 0.25) is 0 Å². The molecule has 72 valence electrons. The maximum atomic E-state index is 13.3. The Hall–Kier alpha value is -1.56. The number of aromatic nitrogens is 3. The molecule has 6 heteroatoms. The molecule has 0 fully saturated rings. The first-order chi connectivity index (χ1) is 6.70. The number of H-pyrrole nitrogens is 1. The monoisotopic (exact) mass is 213 g/mol. The van der Waals surface area contributed by atoms with E-state index in [2.05, 4.69) is 10.2 Å². The Morgan fingerprint density at radius 3 is 2.79 bits per heavy atom. The van der Waals surface area contributed by atoms with E-state index < -0.39 is 11.6 Å². The lowest BCUT2D eigenvalue weighted by Gasteiger charge is -2.02. The summed E-state index contributed by atoms with van der Waals surface area (Å²) in [6, 6.07) is 3.87. The molecule has 0 bridgehead atoms. The molecule has 0 aliphatic rings. The molecule has 0 aliphatic heterocycles. The van der Waals surface area contributed by atoms with Crippen LogP contribution in [0.15, 0.2) is 24.5 Å². The fraction of sp³-hybridized carbons (Fsp3) is 0. The Balaban J connectivity index is 2.69. The standard InChI is InChI=1S/C8H5F2N3S/c9-5-2-1-3-6(7(5)10)13-4-11-12-8(13)14/h1-4H,(H,12,14). The van der Waals surface area contributed by atoms with Crippen LogP contribution in [0.4, 0.5) is 8.78 Å². The number of aromatic amines is 1. The molecule has 0 spiro atoms. The van der Waals surface area contributed by atoms with Crippen LogP contribution in [-0.4, -0.2) is 14.8 Å². The van der Waals surface area contributed by atoms with Gasteiger partial charge < -0.3 is 0 Å². The first kappa shape index (κ1) is 9.01. The molecule has 2 aromatic rings. The maximum absolute atomic E-state index is 13.3. The highest BCUT2D eigenvalue weighted by Gasteiger charge is 2.09. The van der Waals surface area contributed by atoms with Gasteiger partial charge in [0.05, 0.1) is 5.69 Å². The van der Waals surface area contributed by atoms with Gasteiger partial charge in [-0.1, -0.05) is 6.07 Å². The average molecular weight is 213 g/mol. The topological polar surface area (TPSA) is 33.6 Å². The molecule has 1 heterocycles. The molecule has 0 saturated heterocycles. The molecule has 2 rings (SSSR count). The lowest BCUT2D eigenvalue weighted by molar-refractivity contribution is 0.504. The average Bonchev–Trinajstić information content (AvgIpc) is 2.57. The van der Waals surface area contributed by atoms with Crippen molar-refractivity contribution in [1.82, 2.24) is 14.8 Å². The summed E-state index contributed by atoms with van der Waals surface area (Å²) in [4.78, 5) is 0. The van der Waals surface area contributed by atoms with Gasteiger partial charge in [0, 0.05) is 0 Å². The second kappa shape index (κ2) is 3.30. The summed E-state index contributed by atoms with van der Waals surface area (Å²) in [7, 11) is 0. The van der Waals surface area contributed by atoms with Crippen LogP contribution in [0.25, 0.3) is 5.69 Å². The van der Waals surface area contributed by atoms with Crippen molar-refractivity contribution in [3.05, 3.63) is 40.9 Å². The Labute approximate surface area is 83.0 Å². The molecule has 1 aromatic carbocycles. The smallest absolute Gasteiger partial charge is 0.199 e. The summed E-state index contributed by atoms with van der Waals surface area (Å²) in [5.74, 6) is -1.85. The molecule has 0 amide bonds. The second-order valence-electron chi connectivity index (χ2n) is 2.60. The fourth-order valence-electron chi connectivity index (χ4n) is 1.10. The molecule has 3 nitrogen and oxygen atoms in total. The van der Waals surface area contributed by atoms with Crippen molar-refractivity contribution in [3.8, 4) is 5.69 Å². The minimum atomic E-state index is -0.940. The molecular formula is C8H5F2N3S. The zero-order valence-corrected chi connectivity index (χ0v) is 7.68.